The molecule has 5 heteroatoms. The average molecular weight is 418 g/mol. The van der Waals surface area contributed by atoms with Crippen LogP contribution in [0.15, 0.2) is 40.9 Å². The number of hydrogen-bond acceptors (Lipinski definition) is 3. The van der Waals surface area contributed by atoms with Crippen molar-refractivity contribution < 1.29 is 14.3 Å². The van der Waals surface area contributed by atoms with Gasteiger partial charge in [-0.05, 0) is 63.7 Å². The Morgan fingerprint density at radius 2 is 1.92 bits per heavy atom. The van der Waals surface area contributed by atoms with Gasteiger partial charge in [0.2, 0.25) is 5.91 Å². The summed E-state index contributed by atoms with van der Waals surface area (Å²) in [6.45, 7) is 6.22. The van der Waals surface area contributed by atoms with Gasteiger partial charge in [0.15, 0.2) is 11.5 Å². The van der Waals surface area contributed by atoms with Crippen LogP contribution in [0.25, 0.3) is 6.08 Å². The molecule has 26 heavy (non-hydrogen) atoms. The first-order chi connectivity index (χ1) is 12.4. The van der Waals surface area contributed by atoms with E-state index in [0.29, 0.717) is 17.4 Å². The second-order valence-corrected chi connectivity index (χ2v) is 7.11. The first-order valence-corrected chi connectivity index (χ1v) is 9.16. The van der Waals surface area contributed by atoms with Gasteiger partial charge in [-0.1, -0.05) is 32.0 Å². The van der Waals surface area contributed by atoms with Crippen LogP contribution in [0.5, 0.6) is 11.5 Å². The van der Waals surface area contributed by atoms with Crippen molar-refractivity contribution in [3.63, 3.8) is 0 Å². The zero-order chi connectivity index (χ0) is 19.3. The van der Waals surface area contributed by atoms with E-state index in [2.05, 4.69) is 35.1 Å². The molecule has 2 aromatic carbocycles. The molecule has 0 radical (unpaired) electrons. The molecule has 1 amide bonds. The predicted molar refractivity (Wildman–Crippen MR) is 110 cm³/mol. The Bertz CT molecular complexity index is 828. The summed E-state index contributed by atoms with van der Waals surface area (Å²) in [7, 11) is 3.16. The summed E-state index contributed by atoms with van der Waals surface area (Å²) in [5, 5.41) is 3.00. The lowest BCUT2D eigenvalue weighted by atomic mass is 9.98. The molecule has 138 valence electrons. The van der Waals surface area contributed by atoms with Gasteiger partial charge in [-0.15, -0.1) is 0 Å². The van der Waals surface area contributed by atoms with Crippen LogP contribution in [-0.2, 0) is 4.79 Å². The second kappa shape index (κ2) is 8.90. The summed E-state index contributed by atoms with van der Waals surface area (Å²) in [6.07, 6.45) is 3.26. The van der Waals surface area contributed by atoms with Crippen LogP contribution >= 0.6 is 15.9 Å². The molecule has 0 fully saturated rings. The third kappa shape index (κ3) is 4.67. The van der Waals surface area contributed by atoms with Gasteiger partial charge in [0, 0.05) is 11.8 Å². The fraction of sp³-hybridized carbons (Fsp3) is 0.286. The van der Waals surface area contributed by atoms with Gasteiger partial charge in [0.05, 0.1) is 18.7 Å². The monoisotopic (exact) mass is 417 g/mol. The van der Waals surface area contributed by atoms with Crippen LogP contribution in [0, 0.1) is 6.92 Å². The normalized spacial score (nSPS) is 11.0. The minimum Gasteiger partial charge on any atom is -0.493 e. The van der Waals surface area contributed by atoms with Crippen LogP contribution in [-0.4, -0.2) is 20.1 Å². The lowest BCUT2D eigenvalue weighted by molar-refractivity contribution is -0.111. The number of halogens is 1. The number of aryl methyl sites for hydroxylation is 1. The number of hydrogen-bond donors (Lipinski definition) is 1. The Morgan fingerprint density at radius 3 is 2.54 bits per heavy atom. The topological polar surface area (TPSA) is 47.6 Å². The molecule has 0 aliphatic carbocycles. The van der Waals surface area contributed by atoms with E-state index in [4.69, 9.17) is 9.47 Å². The predicted octanol–water partition coefficient (Wildman–Crippen LogP) is 5.55. The average Bonchev–Trinajstić information content (AvgIpc) is 2.60. The molecular weight excluding hydrogens is 394 g/mol. The minimum absolute atomic E-state index is 0.174. The maximum atomic E-state index is 12.4. The van der Waals surface area contributed by atoms with Gasteiger partial charge in [0.1, 0.15) is 0 Å². The highest BCUT2D eigenvalue weighted by atomic mass is 79.9. The summed E-state index contributed by atoms with van der Waals surface area (Å²) in [5.74, 6) is 1.38. The molecule has 0 atom stereocenters. The molecular formula is C21H24BrNO3. The highest BCUT2D eigenvalue weighted by Gasteiger charge is 2.12. The first-order valence-electron chi connectivity index (χ1n) is 8.37. The van der Waals surface area contributed by atoms with Crippen molar-refractivity contribution in [2.75, 3.05) is 19.5 Å². The van der Waals surface area contributed by atoms with E-state index in [-0.39, 0.29) is 5.91 Å². The number of carbonyl (C=O) groups is 1. The number of nitrogens with one attached hydrogen (secondary N) is 1. The summed E-state index contributed by atoms with van der Waals surface area (Å²) >= 11 is 3.46. The van der Waals surface area contributed by atoms with Gasteiger partial charge >= 0.3 is 0 Å². The van der Waals surface area contributed by atoms with E-state index in [1.165, 1.54) is 6.08 Å². The molecule has 0 aliphatic heterocycles. The number of ether oxygens (including phenoxy) is 2. The third-order valence-corrected chi connectivity index (χ3v) is 4.65. The van der Waals surface area contributed by atoms with Crippen molar-refractivity contribution in [3.8, 4) is 11.5 Å². The van der Waals surface area contributed by atoms with E-state index < -0.39 is 0 Å². The summed E-state index contributed by atoms with van der Waals surface area (Å²) < 4.78 is 11.4. The number of amides is 1. The molecule has 0 saturated heterocycles. The highest BCUT2D eigenvalue weighted by Crippen LogP contribution is 2.36. The second-order valence-electron chi connectivity index (χ2n) is 6.25. The van der Waals surface area contributed by atoms with Crippen molar-refractivity contribution in [1.82, 2.24) is 0 Å². The van der Waals surface area contributed by atoms with Gasteiger partial charge in [-0.2, -0.15) is 0 Å². The zero-order valence-electron chi connectivity index (χ0n) is 15.7. The van der Waals surface area contributed by atoms with E-state index in [1.54, 1.807) is 20.3 Å². The van der Waals surface area contributed by atoms with Crippen molar-refractivity contribution in [1.29, 1.82) is 0 Å². The summed E-state index contributed by atoms with van der Waals surface area (Å²) in [5.41, 5.74) is 3.89. The number of benzene rings is 2. The molecule has 0 aromatic heterocycles. The molecule has 0 heterocycles. The lowest BCUT2D eigenvalue weighted by Gasteiger charge is -2.15. The molecule has 1 N–H and O–H groups in total. The van der Waals surface area contributed by atoms with Gasteiger partial charge in [0.25, 0.3) is 0 Å². The molecule has 0 aliphatic rings. The molecule has 4 nitrogen and oxygen atoms in total. The van der Waals surface area contributed by atoms with E-state index >= 15 is 0 Å². The minimum atomic E-state index is -0.174. The Morgan fingerprint density at radius 1 is 1.19 bits per heavy atom. The molecule has 0 saturated carbocycles. The maximum absolute atomic E-state index is 12.4. The SMILES string of the molecule is COc1cc(/C=C/C(=O)Nc2c(C)cccc2C(C)C)cc(Br)c1OC. The zero-order valence-corrected chi connectivity index (χ0v) is 17.3. The van der Waals surface area contributed by atoms with Crippen molar-refractivity contribution >= 4 is 33.6 Å². The largest absolute Gasteiger partial charge is 0.493 e. The van der Waals surface area contributed by atoms with Crippen LogP contribution in [0.4, 0.5) is 5.69 Å². The quantitative estimate of drug-likeness (QED) is 0.626. The molecule has 0 unspecified atom stereocenters. The summed E-state index contributed by atoms with van der Waals surface area (Å²) in [4.78, 5) is 12.4. The number of carbonyl (C=O) groups excluding carboxylic acids is 1. The molecule has 0 spiro atoms. The first kappa shape index (κ1) is 20.0. The van der Waals surface area contributed by atoms with Crippen molar-refractivity contribution in [2.24, 2.45) is 0 Å². The number of rotatable bonds is 6. The molecule has 2 rings (SSSR count). The fourth-order valence-corrected chi connectivity index (χ4v) is 3.33. The van der Waals surface area contributed by atoms with Crippen LogP contribution in [0.3, 0.4) is 0 Å². The Balaban J connectivity index is 2.23. The standard InChI is InChI=1S/C21H24BrNO3/c1-13(2)16-8-6-7-14(3)20(16)23-19(24)10-9-15-11-17(22)21(26-5)18(12-15)25-4/h6-13H,1-5H3,(H,23,24)/b10-9+. The lowest BCUT2D eigenvalue weighted by Crippen LogP contribution is -2.11. The smallest absolute Gasteiger partial charge is 0.248 e. The summed E-state index contributed by atoms with van der Waals surface area (Å²) in [6, 6.07) is 9.75. The van der Waals surface area contributed by atoms with Crippen LogP contribution < -0.4 is 14.8 Å². The Kier molecular flexibility index (Phi) is 6.86. The third-order valence-electron chi connectivity index (χ3n) is 4.06. The van der Waals surface area contributed by atoms with E-state index in [1.807, 2.05) is 37.3 Å². The van der Waals surface area contributed by atoms with Crippen molar-refractivity contribution in [3.05, 3.63) is 57.6 Å². The number of anilines is 1. The van der Waals surface area contributed by atoms with E-state index in [9.17, 15) is 4.79 Å². The van der Waals surface area contributed by atoms with Crippen LogP contribution in [0.2, 0.25) is 0 Å². The number of para-hydroxylation sites is 1. The molecule has 2 aromatic rings. The number of methoxy groups -OCH3 is 2. The Hall–Kier alpha value is -2.27. The van der Waals surface area contributed by atoms with E-state index in [0.717, 1.165) is 26.9 Å². The highest BCUT2D eigenvalue weighted by molar-refractivity contribution is 9.10. The van der Waals surface area contributed by atoms with Crippen LogP contribution in [0.1, 0.15) is 36.5 Å². The maximum Gasteiger partial charge on any atom is 0.248 e. The van der Waals surface area contributed by atoms with Gasteiger partial charge in [-0.25, -0.2) is 0 Å². The van der Waals surface area contributed by atoms with Gasteiger partial charge < -0.3 is 14.8 Å². The van der Waals surface area contributed by atoms with Gasteiger partial charge in [-0.3, -0.25) is 4.79 Å². The Labute approximate surface area is 163 Å². The van der Waals surface area contributed by atoms with Crippen molar-refractivity contribution in [2.45, 2.75) is 26.7 Å². The molecule has 0 bridgehead atoms. The fourth-order valence-electron chi connectivity index (χ4n) is 2.71.